The number of aliphatic hydroxyl groups excluding tert-OH is 1. The van der Waals surface area contributed by atoms with E-state index in [-0.39, 0.29) is 12.0 Å². The standard InChI is InChI=1S/C17H27ClN2O/c1-3-17(4-2,14-21)13-19-9-11-20(12-10-19)16-8-6-5-7-15(16)18/h5-8,21H,3-4,9-14H2,1-2H3. The third kappa shape index (κ3) is 3.91. The molecule has 1 fully saturated rings. The minimum absolute atomic E-state index is 0.0621. The molecule has 21 heavy (non-hydrogen) atoms. The van der Waals surface area contributed by atoms with Crippen molar-refractivity contribution in [2.75, 3.05) is 44.2 Å². The van der Waals surface area contributed by atoms with Gasteiger partial charge in [-0.25, -0.2) is 0 Å². The maximum absolute atomic E-state index is 9.72. The molecule has 1 aromatic carbocycles. The molecule has 118 valence electrons. The molecule has 1 N–H and O–H groups in total. The summed E-state index contributed by atoms with van der Waals surface area (Å²) in [4.78, 5) is 4.84. The molecular formula is C17H27ClN2O. The molecule has 1 aromatic rings. The molecule has 0 aliphatic carbocycles. The first-order valence-corrected chi connectivity index (χ1v) is 8.34. The first-order valence-electron chi connectivity index (χ1n) is 7.97. The second-order valence-electron chi connectivity index (χ2n) is 6.08. The molecule has 0 unspecified atom stereocenters. The first-order chi connectivity index (χ1) is 10.1. The highest BCUT2D eigenvalue weighted by Gasteiger charge is 2.29. The summed E-state index contributed by atoms with van der Waals surface area (Å²) in [6.07, 6.45) is 2.06. The molecule has 0 aromatic heterocycles. The molecule has 2 rings (SSSR count). The largest absolute Gasteiger partial charge is 0.396 e. The molecule has 0 bridgehead atoms. The summed E-state index contributed by atoms with van der Waals surface area (Å²) in [5, 5.41) is 10.6. The number of aliphatic hydroxyl groups is 1. The third-order valence-corrected chi connectivity index (χ3v) is 5.28. The fraction of sp³-hybridized carbons (Fsp3) is 0.647. The van der Waals surface area contributed by atoms with E-state index in [1.54, 1.807) is 0 Å². The van der Waals surface area contributed by atoms with Gasteiger partial charge in [-0.15, -0.1) is 0 Å². The van der Waals surface area contributed by atoms with Crippen LogP contribution >= 0.6 is 11.6 Å². The summed E-state index contributed by atoms with van der Waals surface area (Å²) in [5.74, 6) is 0. The molecule has 0 atom stereocenters. The number of para-hydroxylation sites is 1. The minimum Gasteiger partial charge on any atom is -0.396 e. The van der Waals surface area contributed by atoms with Gasteiger partial charge in [0.1, 0.15) is 0 Å². The molecule has 0 amide bonds. The van der Waals surface area contributed by atoms with Crippen LogP contribution in [0, 0.1) is 5.41 Å². The van der Waals surface area contributed by atoms with Crippen LogP contribution in [0.5, 0.6) is 0 Å². The molecule has 1 heterocycles. The van der Waals surface area contributed by atoms with E-state index < -0.39 is 0 Å². The number of nitrogens with zero attached hydrogens (tertiary/aromatic N) is 2. The Hall–Kier alpha value is -0.770. The topological polar surface area (TPSA) is 26.7 Å². The Morgan fingerprint density at radius 3 is 2.24 bits per heavy atom. The Bertz CT molecular complexity index is 432. The lowest BCUT2D eigenvalue weighted by atomic mass is 9.82. The highest BCUT2D eigenvalue weighted by atomic mass is 35.5. The van der Waals surface area contributed by atoms with Crippen LogP contribution in [0.1, 0.15) is 26.7 Å². The van der Waals surface area contributed by atoms with E-state index in [1.165, 1.54) is 0 Å². The third-order valence-electron chi connectivity index (χ3n) is 4.96. The van der Waals surface area contributed by atoms with Gasteiger partial charge < -0.3 is 10.0 Å². The Labute approximate surface area is 133 Å². The van der Waals surface area contributed by atoms with Crippen molar-refractivity contribution in [1.29, 1.82) is 0 Å². The van der Waals surface area contributed by atoms with Gasteiger partial charge in [0.15, 0.2) is 0 Å². The number of halogens is 1. The van der Waals surface area contributed by atoms with Gasteiger partial charge in [0.05, 0.1) is 10.7 Å². The smallest absolute Gasteiger partial charge is 0.0639 e. The Balaban J connectivity index is 1.93. The van der Waals surface area contributed by atoms with Crippen molar-refractivity contribution in [3.8, 4) is 0 Å². The molecule has 0 saturated carbocycles. The summed E-state index contributed by atoms with van der Waals surface area (Å²) in [7, 11) is 0. The minimum atomic E-state index is 0.0621. The van der Waals surface area contributed by atoms with Crippen LogP contribution in [0.15, 0.2) is 24.3 Å². The molecule has 1 aliphatic rings. The number of benzene rings is 1. The van der Waals surface area contributed by atoms with Crippen LogP contribution in [-0.2, 0) is 0 Å². The van der Waals surface area contributed by atoms with E-state index in [4.69, 9.17) is 11.6 Å². The van der Waals surface area contributed by atoms with Crippen molar-refractivity contribution >= 4 is 17.3 Å². The number of piperazine rings is 1. The van der Waals surface area contributed by atoms with Crippen molar-refractivity contribution in [3.63, 3.8) is 0 Å². The lowest BCUT2D eigenvalue weighted by Crippen LogP contribution is -2.50. The second-order valence-corrected chi connectivity index (χ2v) is 6.49. The van der Waals surface area contributed by atoms with Crippen LogP contribution in [0.25, 0.3) is 0 Å². The summed E-state index contributed by atoms with van der Waals surface area (Å²) >= 11 is 6.28. The Morgan fingerprint density at radius 2 is 1.71 bits per heavy atom. The van der Waals surface area contributed by atoms with Crippen LogP contribution in [-0.4, -0.2) is 49.3 Å². The van der Waals surface area contributed by atoms with E-state index in [9.17, 15) is 5.11 Å². The van der Waals surface area contributed by atoms with Crippen molar-refractivity contribution < 1.29 is 5.11 Å². The van der Waals surface area contributed by atoms with Crippen LogP contribution in [0.2, 0.25) is 5.02 Å². The highest BCUT2D eigenvalue weighted by Crippen LogP contribution is 2.29. The van der Waals surface area contributed by atoms with Gasteiger partial charge in [-0.2, -0.15) is 0 Å². The molecule has 1 aliphatic heterocycles. The Kier molecular flexibility index (Phi) is 5.91. The molecular weight excluding hydrogens is 284 g/mol. The van der Waals surface area contributed by atoms with Crippen molar-refractivity contribution in [2.24, 2.45) is 5.41 Å². The predicted octanol–water partition coefficient (Wildman–Crippen LogP) is 3.26. The molecule has 3 nitrogen and oxygen atoms in total. The molecule has 4 heteroatoms. The van der Waals surface area contributed by atoms with Crippen LogP contribution < -0.4 is 4.90 Å². The molecule has 0 spiro atoms. The Morgan fingerprint density at radius 1 is 1.10 bits per heavy atom. The number of hydrogen-bond donors (Lipinski definition) is 1. The van der Waals surface area contributed by atoms with E-state index in [1.807, 2.05) is 18.2 Å². The van der Waals surface area contributed by atoms with E-state index >= 15 is 0 Å². The number of hydrogen-bond acceptors (Lipinski definition) is 3. The molecule has 1 saturated heterocycles. The van der Waals surface area contributed by atoms with Crippen molar-refractivity contribution in [1.82, 2.24) is 4.90 Å². The summed E-state index contributed by atoms with van der Waals surface area (Å²) in [6.45, 7) is 9.70. The predicted molar refractivity (Wildman–Crippen MR) is 90.2 cm³/mol. The zero-order valence-electron chi connectivity index (χ0n) is 13.2. The SMILES string of the molecule is CCC(CC)(CO)CN1CCN(c2ccccc2Cl)CC1. The van der Waals surface area contributed by atoms with Gasteiger partial charge in [0, 0.05) is 44.7 Å². The maximum Gasteiger partial charge on any atom is 0.0639 e. The van der Waals surface area contributed by atoms with Crippen molar-refractivity contribution in [3.05, 3.63) is 29.3 Å². The van der Waals surface area contributed by atoms with Gasteiger partial charge in [-0.1, -0.05) is 37.6 Å². The quantitative estimate of drug-likeness (QED) is 0.873. The lowest BCUT2D eigenvalue weighted by molar-refractivity contribution is 0.0634. The summed E-state index contributed by atoms with van der Waals surface area (Å²) in [6, 6.07) is 8.06. The zero-order chi connectivity index (χ0) is 15.3. The van der Waals surface area contributed by atoms with Gasteiger partial charge in [0.2, 0.25) is 0 Å². The lowest BCUT2D eigenvalue weighted by Gasteiger charge is -2.41. The average Bonchev–Trinajstić information content (AvgIpc) is 2.54. The fourth-order valence-corrected chi connectivity index (χ4v) is 3.33. The summed E-state index contributed by atoms with van der Waals surface area (Å²) in [5.41, 5.74) is 1.20. The highest BCUT2D eigenvalue weighted by molar-refractivity contribution is 6.33. The van der Waals surface area contributed by atoms with E-state index in [2.05, 4.69) is 29.7 Å². The van der Waals surface area contributed by atoms with Gasteiger partial charge >= 0.3 is 0 Å². The second kappa shape index (κ2) is 7.48. The monoisotopic (exact) mass is 310 g/mol. The van der Waals surface area contributed by atoms with Gasteiger partial charge in [0.25, 0.3) is 0 Å². The van der Waals surface area contributed by atoms with E-state index in [0.29, 0.717) is 0 Å². The van der Waals surface area contributed by atoms with Crippen LogP contribution in [0.4, 0.5) is 5.69 Å². The summed E-state index contributed by atoms with van der Waals surface area (Å²) < 4.78 is 0. The normalized spacial score (nSPS) is 17.2. The van der Waals surface area contributed by atoms with Crippen molar-refractivity contribution in [2.45, 2.75) is 26.7 Å². The maximum atomic E-state index is 9.72. The number of anilines is 1. The molecule has 0 radical (unpaired) electrons. The number of rotatable bonds is 6. The fourth-order valence-electron chi connectivity index (χ4n) is 3.08. The zero-order valence-corrected chi connectivity index (χ0v) is 13.9. The average molecular weight is 311 g/mol. The van der Waals surface area contributed by atoms with Gasteiger partial charge in [-0.05, 0) is 25.0 Å². The van der Waals surface area contributed by atoms with E-state index in [0.717, 1.165) is 56.3 Å². The van der Waals surface area contributed by atoms with Gasteiger partial charge in [-0.3, -0.25) is 4.90 Å². The first kappa shape index (κ1) is 16.6. The van der Waals surface area contributed by atoms with Crippen LogP contribution in [0.3, 0.4) is 0 Å².